The number of carbonyl (C=O) groups is 2. The second-order valence-corrected chi connectivity index (χ2v) is 9.91. The van der Waals surface area contributed by atoms with Crippen LogP contribution in [0.3, 0.4) is 0 Å². The number of epoxide rings is 1. The van der Waals surface area contributed by atoms with Gasteiger partial charge in [0, 0.05) is 24.2 Å². The number of carbonyl (C=O) groups excluding carboxylic acids is 2. The molecule has 0 bridgehead atoms. The Kier molecular flexibility index (Phi) is 3.18. The third-order valence-corrected chi connectivity index (χ3v) is 9.17. The average Bonchev–Trinajstić information content (AvgIpc) is 3.22. The van der Waals surface area contributed by atoms with Gasteiger partial charge in [-0.15, -0.1) is 0 Å². The Hall–Kier alpha value is -0.900. The van der Waals surface area contributed by atoms with Crippen molar-refractivity contribution in [3.8, 4) is 0 Å². The monoisotopic (exact) mass is 346 g/mol. The largest absolute Gasteiger partial charge is 0.462 e. The molecule has 5 aliphatic rings. The quantitative estimate of drug-likeness (QED) is 0.537. The Bertz CT molecular complexity index is 644. The van der Waals surface area contributed by atoms with Crippen molar-refractivity contribution in [2.24, 2.45) is 28.6 Å². The summed E-state index contributed by atoms with van der Waals surface area (Å²) in [6.45, 7) is 6.32. The van der Waals surface area contributed by atoms with Gasteiger partial charge in [-0.1, -0.05) is 13.8 Å². The number of ether oxygens (including phenoxy) is 2. The van der Waals surface area contributed by atoms with Gasteiger partial charge in [0.2, 0.25) is 0 Å². The fourth-order valence-electron chi connectivity index (χ4n) is 7.84. The highest BCUT2D eigenvalue weighted by molar-refractivity contribution is 5.88. The molecule has 1 heterocycles. The standard InChI is InChI=1S/C21H30O4/c1-12(22)24-17-5-4-14-13-6-11-21-18(25-21)16(23)8-10-20(21,3)15(13)7-9-19(14,17)2/h13-15,17-18H,4-11H2,1-3H3/t13-,14-,15-,17-,18?,19-,20+,21-/m0/s1. The van der Waals surface area contributed by atoms with E-state index in [2.05, 4.69) is 13.8 Å². The molecule has 0 aromatic rings. The van der Waals surface area contributed by atoms with Gasteiger partial charge >= 0.3 is 5.97 Å². The predicted molar refractivity (Wildman–Crippen MR) is 91.8 cm³/mol. The average molecular weight is 346 g/mol. The van der Waals surface area contributed by atoms with Crippen molar-refractivity contribution in [2.75, 3.05) is 0 Å². The van der Waals surface area contributed by atoms with Gasteiger partial charge in [0.25, 0.3) is 0 Å². The molecule has 1 unspecified atom stereocenters. The van der Waals surface area contributed by atoms with Crippen LogP contribution in [0.25, 0.3) is 0 Å². The molecule has 0 aromatic carbocycles. The zero-order valence-corrected chi connectivity index (χ0v) is 15.7. The van der Waals surface area contributed by atoms with E-state index >= 15 is 0 Å². The third kappa shape index (κ3) is 1.87. The normalized spacial score (nSPS) is 56.3. The fraction of sp³-hybridized carbons (Fsp3) is 0.905. The Morgan fingerprint density at radius 3 is 2.64 bits per heavy atom. The van der Waals surface area contributed by atoms with E-state index in [-0.39, 0.29) is 34.6 Å². The maximum Gasteiger partial charge on any atom is 0.302 e. The summed E-state index contributed by atoms with van der Waals surface area (Å²) in [6.07, 6.45) is 8.45. The molecule has 1 aliphatic heterocycles. The molecule has 4 heteroatoms. The molecule has 1 spiro atoms. The number of hydrogen-bond donors (Lipinski definition) is 0. The zero-order valence-electron chi connectivity index (χ0n) is 15.7. The molecule has 4 nitrogen and oxygen atoms in total. The first-order chi connectivity index (χ1) is 11.8. The van der Waals surface area contributed by atoms with Gasteiger partial charge in [-0.25, -0.2) is 0 Å². The lowest BCUT2D eigenvalue weighted by Gasteiger charge is -2.59. The van der Waals surface area contributed by atoms with E-state index in [0.717, 1.165) is 25.7 Å². The van der Waals surface area contributed by atoms with Crippen LogP contribution in [0.5, 0.6) is 0 Å². The summed E-state index contributed by atoms with van der Waals surface area (Å²) in [5.41, 5.74) is 0.169. The minimum atomic E-state index is -0.136. The van der Waals surface area contributed by atoms with Crippen LogP contribution < -0.4 is 0 Å². The number of rotatable bonds is 1. The molecule has 1 saturated heterocycles. The van der Waals surface area contributed by atoms with Crippen molar-refractivity contribution >= 4 is 11.8 Å². The summed E-state index contributed by atoms with van der Waals surface area (Å²) in [4.78, 5) is 23.7. The van der Waals surface area contributed by atoms with Gasteiger partial charge in [-0.05, 0) is 62.7 Å². The van der Waals surface area contributed by atoms with Crippen LogP contribution >= 0.6 is 0 Å². The minimum absolute atomic E-state index is 0.0949. The molecule has 4 saturated carbocycles. The van der Waals surface area contributed by atoms with Crippen LogP contribution in [0.15, 0.2) is 0 Å². The Morgan fingerprint density at radius 1 is 1.08 bits per heavy atom. The smallest absolute Gasteiger partial charge is 0.302 e. The van der Waals surface area contributed by atoms with E-state index in [9.17, 15) is 9.59 Å². The molecular formula is C21H30O4. The predicted octanol–water partition coefficient (Wildman–Crippen LogP) is 3.66. The molecule has 0 N–H and O–H groups in total. The summed E-state index contributed by atoms with van der Waals surface area (Å²) in [6, 6.07) is 0. The Labute approximate surface area is 150 Å². The van der Waals surface area contributed by atoms with Crippen LogP contribution in [-0.4, -0.2) is 29.6 Å². The highest BCUT2D eigenvalue weighted by atomic mass is 16.6. The second-order valence-electron chi connectivity index (χ2n) is 9.91. The first-order valence-corrected chi connectivity index (χ1v) is 10.2. The zero-order chi connectivity index (χ0) is 17.6. The molecule has 5 rings (SSSR count). The lowest BCUT2D eigenvalue weighted by molar-refractivity contribution is -0.161. The number of esters is 1. The maximum absolute atomic E-state index is 12.2. The number of hydrogen-bond acceptors (Lipinski definition) is 4. The Balaban J connectivity index is 1.44. The Morgan fingerprint density at radius 2 is 1.88 bits per heavy atom. The first kappa shape index (κ1) is 16.3. The van der Waals surface area contributed by atoms with Crippen molar-refractivity contribution < 1.29 is 19.1 Å². The van der Waals surface area contributed by atoms with Crippen LogP contribution in [-0.2, 0) is 19.1 Å². The highest BCUT2D eigenvalue weighted by Gasteiger charge is 2.76. The third-order valence-electron chi connectivity index (χ3n) is 9.17. The molecule has 5 fully saturated rings. The number of fused-ring (bicyclic) bond motifs is 4. The first-order valence-electron chi connectivity index (χ1n) is 10.2. The van der Waals surface area contributed by atoms with E-state index in [1.165, 1.54) is 26.2 Å². The summed E-state index contributed by atoms with van der Waals surface area (Å²) < 4.78 is 11.9. The molecular weight excluding hydrogens is 316 g/mol. The molecule has 4 aliphatic carbocycles. The van der Waals surface area contributed by atoms with Crippen LogP contribution in [0.4, 0.5) is 0 Å². The molecule has 138 valence electrons. The van der Waals surface area contributed by atoms with Gasteiger partial charge in [-0.2, -0.15) is 0 Å². The van der Waals surface area contributed by atoms with Gasteiger partial charge in [0.15, 0.2) is 5.78 Å². The summed E-state index contributed by atoms with van der Waals surface area (Å²) in [7, 11) is 0. The van der Waals surface area contributed by atoms with Crippen LogP contribution in [0.2, 0.25) is 0 Å². The highest BCUT2D eigenvalue weighted by Crippen LogP contribution is 2.72. The SMILES string of the molecule is CC(=O)O[C@H]1CC[C@H]2[C@@H]3CC[C@]45OC4C(=O)CC[C@]5(C)[C@H]3CC[C@]12C. The van der Waals surface area contributed by atoms with Gasteiger partial charge in [0.05, 0.1) is 0 Å². The second kappa shape index (κ2) is 4.88. The van der Waals surface area contributed by atoms with Gasteiger partial charge < -0.3 is 9.47 Å². The number of Topliss-reactive ketones (excluding diaryl/α,β-unsaturated/α-hetero) is 1. The molecule has 0 aromatic heterocycles. The lowest BCUT2D eigenvalue weighted by atomic mass is 9.45. The molecule has 0 radical (unpaired) electrons. The van der Waals surface area contributed by atoms with Gasteiger partial charge in [0.1, 0.15) is 17.8 Å². The molecule has 0 amide bonds. The van der Waals surface area contributed by atoms with E-state index in [1.807, 2.05) is 0 Å². The van der Waals surface area contributed by atoms with Crippen molar-refractivity contribution in [1.29, 1.82) is 0 Å². The van der Waals surface area contributed by atoms with Gasteiger partial charge in [-0.3, -0.25) is 9.59 Å². The van der Waals surface area contributed by atoms with Crippen LogP contribution in [0.1, 0.15) is 72.1 Å². The van der Waals surface area contributed by atoms with Crippen molar-refractivity contribution in [1.82, 2.24) is 0 Å². The topological polar surface area (TPSA) is 55.9 Å². The van der Waals surface area contributed by atoms with E-state index in [4.69, 9.17) is 9.47 Å². The molecule has 8 atom stereocenters. The van der Waals surface area contributed by atoms with E-state index in [0.29, 0.717) is 30.0 Å². The lowest BCUT2D eigenvalue weighted by Crippen LogP contribution is -2.58. The maximum atomic E-state index is 12.2. The summed E-state index contributed by atoms with van der Waals surface area (Å²) in [5, 5.41) is 0. The van der Waals surface area contributed by atoms with Crippen LogP contribution in [0, 0.1) is 28.6 Å². The molecule has 25 heavy (non-hydrogen) atoms. The number of ketones is 1. The van der Waals surface area contributed by atoms with Crippen molar-refractivity contribution in [2.45, 2.75) is 89.9 Å². The van der Waals surface area contributed by atoms with Crippen molar-refractivity contribution in [3.63, 3.8) is 0 Å². The van der Waals surface area contributed by atoms with E-state index in [1.54, 1.807) is 0 Å². The fourth-order valence-corrected chi connectivity index (χ4v) is 7.84. The summed E-state index contributed by atoms with van der Waals surface area (Å²) >= 11 is 0. The van der Waals surface area contributed by atoms with Crippen molar-refractivity contribution in [3.05, 3.63) is 0 Å². The minimum Gasteiger partial charge on any atom is -0.462 e. The summed E-state index contributed by atoms with van der Waals surface area (Å²) in [5.74, 6) is 2.22. The van der Waals surface area contributed by atoms with E-state index < -0.39 is 0 Å².